The number of carbonyl (C=O) groups excluding carboxylic acids is 2. The van der Waals surface area contributed by atoms with E-state index in [1.54, 1.807) is 29.2 Å². The first-order valence-corrected chi connectivity index (χ1v) is 8.94. The van der Waals surface area contributed by atoms with Crippen LogP contribution in [-0.2, 0) is 6.54 Å². The van der Waals surface area contributed by atoms with Crippen molar-refractivity contribution in [2.75, 3.05) is 11.4 Å². The Labute approximate surface area is 162 Å². The summed E-state index contributed by atoms with van der Waals surface area (Å²) in [6, 6.07) is 18.5. The van der Waals surface area contributed by atoms with E-state index in [2.05, 4.69) is 10.3 Å². The summed E-state index contributed by atoms with van der Waals surface area (Å²) < 4.78 is 13.7. The van der Waals surface area contributed by atoms with Crippen molar-refractivity contribution in [3.05, 3.63) is 95.6 Å². The van der Waals surface area contributed by atoms with Gasteiger partial charge in [0.05, 0.1) is 0 Å². The van der Waals surface area contributed by atoms with Gasteiger partial charge in [-0.15, -0.1) is 0 Å². The van der Waals surface area contributed by atoms with Crippen LogP contribution in [0, 0.1) is 5.82 Å². The lowest BCUT2D eigenvalue weighted by molar-refractivity contribution is 0.0945. The Hall–Kier alpha value is -3.54. The van der Waals surface area contributed by atoms with E-state index in [0.717, 1.165) is 5.69 Å². The highest BCUT2D eigenvalue weighted by Crippen LogP contribution is 2.17. The Balaban J connectivity index is 1.75. The van der Waals surface area contributed by atoms with E-state index in [4.69, 9.17) is 0 Å². The molecule has 0 aliphatic carbocycles. The van der Waals surface area contributed by atoms with Crippen molar-refractivity contribution in [3.8, 4) is 0 Å². The molecular formula is C22H20FN3O2. The lowest BCUT2D eigenvalue weighted by Gasteiger charge is -2.21. The van der Waals surface area contributed by atoms with Crippen molar-refractivity contribution in [2.45, 2.75) is 13.5 Å². The molecule has 0 unspecified atom stereocenters. The molecule has 0 spiro atoms. The van der Waals surface area contributed by atoms with Crippen LogP contribution in [0.5, 0.6) is 0 Å². The summed E-state index contributed by atoms with van der Waals surface area (Å²) in [5.74, 6) is -1.08. The van der Waals surface area contributed by atoms with Crippen LogP contribution < -0.4 is 10.2 Å². The molecule has 2 amide bonds. The molecule has 1 N–H and O–H groups in total. The molecule has 3 aromatic rings. The number of nitrogens with one attached hydrogen (secondary N) is 1. The number of nitrogens with zero attached hydrogens (tertiary/aromatic N) is 2. The van der Waals surface area contributed by atoms with Gasteiger partial charge in [0.15, 0.2) is 0 Å². The minimum Gasteiger partial charge on any atom is -0.347 e. The first-order chi connectivity index (χ1) is 13.6. The minimum atomic E-state index is -0.472. The number of hydrogen-bond donors (Lipinski definition) is 1. The zero-order valence-corrected chi connectivity index (χ0v) is 15.4. The number of para-hydroxylation sites is 1. The van der Waals surface area contributed by atoms with Crippen LogP contribution in [0.1, 0.15) is 33.3 Å². The molecule has 0 fully saturated rings. The minimum absolute atomic E-state index is 0.0382. The van der Waals surface area contributed by atoms with E-state index < -0.39 is 5.91 Å². The quantitative estimate of drug-likeness (QED) is 0.710. The molecule has 28 heavy (non-hydrogen) atoms. The highest BCUT2D eigenvalue weighted by atomic mass is 19.1. The molecule has 142 valence electrons. The predicted molar refractivity (Wildman–Crippen MR) is 106 cm³/mol. The van der Waals surface area contributed by atoms with Gasteiger partial charge in [-0.2, -0.15) is 0 Å². The second kappa shape index (κ2) is 8.90. The average molecular weight is 377 g/mol. The molecule has 0 bridgehead atoms. The molecule has 5 nitrogen and oxygen atoms in total. The Morgan fingerprint density at radius 1 is 1.04 bits per heavy atom. The maximum atomic E-state index is 13.7. The smallest absolute Gasteiger partial charge is 0.270 e. The zero-order valence-electron chi connectivity index (χ0n) is 15.4. The summed E-state index contributed by atoms with van der Waals surface area (Å²) in [6.07, 6.45) is 1.42. The largest absolute Gasteiger partial charge is 0.347 e. The van der Waals surface area contributed by atoms with Gasteiger partial charge in [0.2, 0.25) is 0 Å². The van der Waals surface area contributed by atoms with Crippen LogP contribution in [0.15, 0.2) is 72.9 Å². The summed E-state index contributed by atoms with van der Waals surface area (Å²) in [5.41, 5.74) is 1.62. The topological polar surface area (TPSA) is 62.3 Å². The van der Waals surface area contributed by atoms with Gasteiger partial charge < -0.3 is 10.2 Å². The summed E-state index contributed by atoms with van der Waals surface area (Å²) >= 11 is 0. The lowest BCUT2D eigenvalue weighted by Crippen LogP contribution is -2.31. The molecule has 2 aromatic carbocycles. The van der Waals surface area contributed by atoms with Gasteiger partial charge in [-0.3, -0.25) is 14.6 Å². The second-order valence-corrected chi connectivity index (χ2v) is 6.09. The summed E-state index contributed by atoms with van der Waals surface area (Å²) in [5, 5.41) is 2.63. The number of carbonyl (C=O) groups is 2. The number of benzene rings is 2. The fourth-order valence-corrected chi connectivity index (χ4v) is 2.80. The molecular weight excluding hydrogens is 357 g/mol. The first-order valence-electron chi connectivity index (χ1n) is 8.94. The molecule has 1 aromatic heterocycles. The molecule has 0 aliphatic heterocycles. The standard InChI is InChI=1S/C22H20FN3O2/c1-2-26(18-9-4-3-5-10-18)22(28)16-12-13-24-20(14-16)21(27)25-15-17-8-6-7-11-19(17)23/h3-14H,2,15H2,1H3,(H,25,27). The summed E-state index contributed by atoms with van der Waals surface area (Å²) in [4.78, 5) is 30.9. The van der Waals surface area contributed by atoms with Gasteiger partial charge in [-0.25, -0.2) is 4.39 Å². The molecule has 0 saturated carbocycles. The Morgan fingerprint density at radius 3 is 2.46 bits per heavy atom. The third kappa shape index (κ3) is 4.40. The van der Waals surface area contributed by atoms with E-state index in [-0.39, 0.29) is 24.0 Å². The van der Waals surface area contributed by atoms with E-state index in [9.17, 15) is 14.0 Å². The highest BCUT2D eigenvalue weighted by Gasteiger charge is 2.18. The number of amides is 2. The highest BCUT2D eigenvalue weighted by molar-refractivity contribution is 6.07. The lowest BCUT2D eigenvalue weighted by atomic mass is 10.1. The van der Waals surface area contributed by atoms with Gasteiger partial charge in [0.25, 0.3) is 11.8 Å². The molecule has 6 heteroatoms. The van der Waals surface area contributed by atoms with E-state index in [1.807, 2.05) is 37.3 Å². The van der Waals surface area contributed by atoms with Crippen molar-refractivity contribution in [1.29, 1.82) is 0 Å². The average Bonchev–Trinajstić information content (AvgIpc) is 2.74. The van der Waals surface area contributed by atoms with Crippen molar-refractivity contribution < 1.29 is 14.0 Å². The van der Waals surface area contributed by atoms with Gasteiger partial charge >= 0.3 is 0 Å². The van der Waals surface area contributed by atoms with E-state index in [0.29, 0.717) is 17.7 Å². The molecule has 0 aliphatic rings. The zero-order chi connectivity index (χ0) is 19.9. The molecule has 3 rings (SSSR count). The van der Waals surface area contributed by atoms with Gasteiger partial charge in [-0.05, 0) is 37.3 Å². The first kappa shape index (κ1) is 19.2. The van der Waals surface area contributed by atoms with Gasteiger partial charge in [0, 0.05) is 36.1 Å². The number of rotatable bonds is 6. The van der Waals surface area contributed by atoms with Crippen LogP contribution in [0.4, 0.5) is 10.1 Å². The van der Waals surface area contributed by atoms with E-state index in [1.165, 1.54) is 18.3 Å². The van der Waals surface area contributed by atoms with Crippen molar-refractivity contribution >= 4 is 17.5 Å². The van der Waals surface area contributed by atoms with Crippen molar-refractivity contribution in [1.82, 2.24) is 10.3 Å². The van der Waals surface area contributed by atoms with Crippen LogP contribution in [0.25, 0.3) is 0 Å². The molecule has 0 atom stereocenters. The number of anilines is 1. The summed E-state index contributed by atoms with van der Waals surface area (Å²) in [7, 11) is 0. The third-order valence-corrected chi connectivity index (χ3v) is 4.27. The molecule has 0 radical (unpaired) electrons. The summed E-state index contributed by atoms with van der Waals surface area (Å²) in [6.45, 7) is 2.41. The monoisotopic (exact) mass is 377 g/mol. The van der Waals surface area contributed by atoms with E-state index >= 15 is 0 Å². The fourth-order valence-electron chi connectivity index (χ4n) is 2.80. The molecule has 0 saturated heterocycles. The predicted octanol–water partition coefficient (Wildman–Crippen LogP) is 3.82. The van der Waals surface area contributed by atoms with Crippen LogP contribution >= 0.6 is 0 Å². The van der Waals surface area contributed by atoms with Gasteiger partial charge in [0.1, 0.15) is 11.5 Å². The number of pyridine rings is 1. The Kier molecular flexibility index (Phi) is 6.11. The fraction of sp³-hybridized carbons (Fsp3) is 0.136. The van der Waals surface area contributed by atoms with Gasteiger partial charge in [-0.1, -0.05) is 36.4 Å². The normalized spacial score (nSPS) is 10.4. The second-order valence-electron chi connectivity index (χ2n) is 6.09. The Bertz CT molecular complexity index is 976. The Morgan fingerprint density at radius 2 is 1.75 bits per heavy atom. The third-order valence-electron chi connectivity index (χ3n) is 4.27. The van der Waals surface area contributed by atoms with Crippen LogP contribution in [-0.4, -0.2) is 23.3 Å². The van der Waals surface area contributed by atoms with Crippen molar-refractivity contribution in [2.24, 2.45) is 0 Å². The number of hydrogen-bond acceptors (Lipinski definition) is 3. The maximum Gasteiger partial charge on any atom is 0.270 e. The maximum absolute atomic E-state index is 13.7. The van der Waals surface area contributed by atoms with Crippen LogP contribution in [0.3, 0.4) is 0 Å². The van der Waals surface area contributed by atoms with Crippen molar-refractivity contribution in [3.63, 3.8) is 0 Å². The molecule has 1 heterocycles. The number of halogens is 1. The SMILES string of the molecule is CCN(C(=O)c1ccnc(C(=O)NCc2ccccc2F)c1)c1ccccc1. The van der Waals surface area contributed by atoms with Crippen LogP contribution in [0.2, 0.25) is 0 Å². The number of aromatic nitrogens is 1.